The van der Waals surface area contributed by atoms with Gasteiger partial charge in [0.15, 0.2) is 5.78 Å². The standard InChI is InChI=1S/C24H20ClN3O6/c1-14-6-11-17-19(12-14)24(32)27(23(17)31)26(22(30)18-4-2-3-5-20(18)25)13-21(29)15-7-9-16(10-8-15)28(33)34/h2-10,17,19H,11-13H2,1H3/t17-,19-/m0/s1. The fourth-order valence-corrected chi connectivity index (χ4v) is 4.48. The molecule has 1 aliphatic heterocycles. The van der Waals surface area contributed by atoms with Crippen LogP contribution in [0.15, 0.2) is 60.2 Å². The second-order valence-corrected chi connectivity index (χ2v) is 8.67. The monoisotopic (exact) mass is 481 g/mol. The van der Waals surface area contributed by atoms with Crippen LogP contribution in [0.1, 0.15) is 40.5 Å². The minimum Gasteiger partial charge on any atom is -0.292 e. The maximum atomic E-state index is 13.5. The molecule has 0 aromatic heterocycles. The molecule has 10 heteroatoms. The molecule has 0 saturated carbocycles. The summed E-state index contributed by atoms with van der Waals surface area (Å²) in [6, 6.07) is 11.0. The normalized spacial score (nSPS) is 19.5. The number of non-ortho nitro benzene ring substituents is 1. The summed E-state index contributed by atoms with van der Waals surface area (Å²) in [4.78, 5) is 63.3. The third kappa shape index (κ3) is 4.22. The molecule has 4 rings (SSSR count). The summed E-state index contributed by atoms with van der Waals surface area (Å²) in [6.07, 6.45) is 2.68. The van der Waals surface area contributed by atoms with Crippen molar-refractivity contribution in [2.75, 3.05) is 6.54 Å². The Morgan fingerprint density at radius 1 is 1.09 bits per heavy atom. The van der Waals surface area contributed by atoms with Crippen molar-refractivity contribution in [1.82, 2.24) is 10.0 Å². The number of allylic oxidation sites excluding steroid dienone is 2. The van der Waals surface area contributed by atoms with E-state index >= 15 is 0 Å². The molecule has 2 atom stereocenters. The van der Waals surface area contributed by atoms with Gasteiger partial charge in [-0.05, 0) is 44.0 Å². The van der Waals surface area contributed by atoms with Crippen LogP contribution >= 0.6 is 11.6 Å². The zero-order valence-electron chi connectivity index (χ0n) is 18.1. The molecule has 1 saturated heterocycles. The summed E-state index contributed by atoms with van der Waals surface area (Å²) in [5.41, 5.74) is 0.912. The van der Waals surface area contributed by atoms with Crippen LogP contribution < -0.4 is 0 Å². The number of ketones is 1. The molecule has 2 aromatic carbocycles. The highest BCUT2D eigenvalue weighted by Crippen LogP contribution is 2.38. The number of nitro groups is 1. The van der Waals surface area contributed by atoms with Gasteiger partial charge in [-0.25, -0.2) is 5.01 Å². The summed E-state index contributed by atoms with van der Waals surface area (Å²) < 4.78 is 0. The first-order valence-corrected chi connectivity index (χ1v) is 10.9. The topological polar surface area (TPSA) is 118 Å². The molecule has 0 N–H and O–H groups in total. The number of hydrogen-bond acceptors (Lipinski definition) is 6. The summed E-state index contributed by atoms with van der Waals surface area (Å²) in [7, 11) is 0. The van der Waals surface area contributed by atoms with E-state index in [0.717, 1.165) is 15.6 Å². The van der Waals surface area contributed by atoms with Crippen LogP contribution in [0.5, 0.6) is 0 Å². The zero-order chi connectivity index (χ0) is 24.6. The molecule has 1 aliphatic carbocycles. The van der Waals surface area contributed by atoms with E-state index in [1.807, 2.05) is 13.0 Å². The lowest BCUT2D eigenvalue weighted by Gasteiger charge is -2.30. The molecule has 0 bridgehead atoms. The molecule has 2 aromatic rings. The first-order valence-electron chi connectivity index (χ1n) is 10.6. The van der Waals surface area contributed by atoms with Gasteiger partial charge >= 0.3 is 0 Å². The highest BCUT2D eigenvalue weighted by Gasteiger charge is 2.51. The van der Waals surface area contributed by atoms with Gasteiger partial charge in [-0.15, -0.1) is 0 Å². The molecule has 1 heterocycles. The Morgan fingerprint density at radius 3 is 2.38 bits per heavy atom. The van der Waals surface area contributed by atoms with Crippen molar-refractivity contribution in [2.45, 2.75) is 19.8 Å². The predicted molar refractivity (Wildman–Crippen MR) is 122 cm³/mol. The molecular weight excluding hydrogens is 462 g/mol. The van der Waals surface area contributed by atoms with E-state index in [9.17, 15) is 29.3 Å². The number of amides is 3. The van der Waals surface area contributed by atoms with Crippen molar-refractivity contribution in [3.05, 3.63) is 86.4 Å². The van der Waals surface area contributed by atoms with Gasteiger partial charge in [0.1, 0.15) is 6.54 Å². The zero-order valence-corrected chi connectivity index (χ0v) is 18.9. The van der Waals surface area contributed by atoms with E-state index in [1.165, 1.54) is 36.4 Å². The molecule has 0 unspecified atom stereocenters. The van der Waals surface area contributed by atoms with Gasteiger partial charge in [0.05, 0.1) is 27.3 Å². The van der Waals surface area contributed by atoms with Gasteiger partial charge in [-0.1, -0.05) is 35.4 Å². The Hall–Kier alpha value is -3.85. The van der Waals surface area contributed by atoms with Crippen LogP contribution in [-0.2, 0) is 9.59 Å². The maximum Gasteiger partial charge on any atom is 0.274 e. The number of Topliss-reactive ketones (excluding diaryl/α,β-unsaturated/α-hetero) is 1. The number of nitro benzene ring substituents is 1. The summed E-state index contributed by atoms with van der Waals surface area (Å²) in [5.74, 6) is -3.67. The third-order valence-electron chi connectivity index (χ3n) is 6.07. The van der Waals surface area contributed by atoms with E-state index in [2.05, 4.69) is 0 Å². The molecule has 174 valence electrons. The fourth-order valence-electron chi connectivity index (χ4n) is 4.26. The molecule has 1 fully saturated rings. The quantitative estimate of drug-likeness (QED) is 0.203. The van der Waals surface area contributed by atoms with Crippen LogP contribution in [-0.4, -0.2) is 45.0 Å². The first kappa shape index (κ1) is 23.3. The fraction of sp³-hybridized carbons (Fsp3) is 0.250. The minimum atomic E-state index is -0.772. The number of hydrogen-bond donors (Lipinski definition) is 0. The van der Waals surface area contributed by atoms with Crippen molar-refractivity contribution in [1.29, 1.82) is 0 Å². The lowest BCUT2D eigenvalue weighted by atomic mass is 9.82. The lowest BCUT2D eigenvalue weighted by Crippen LogP contribution is -2.52. The van der Waals surface area contributed by atoms with Crippen molar-refractivity contribution < 1.29 is 24.1 Å². The Bertz CT molecular complexity index is 1240. The van der Waals surface area contributed by atoms with Crippen LogP contribution in [0.4, 0.5) is 5.69 Å². The largest absolute Gasteiger partial charge is 0.292 e. The van der Waals surface area contributed by atoms with Crippen molar-refractivity contribution >= 4 is 40.8 Å². The van der Waals surface area contributed by atoms with Crippen molar-refractivity contribution in [2.24, 2.45) is 11.8 Å². The van der Waals surface area contributed by atoms with Gasteiger partial charge in [0.2, 0.25) is 0 Å². The van der Waals surface area contributed by atoms with Gasteiger partial charge in [-0.3, -0.25) is 29.3 Å². The average molecular weight is 482 g/mol. The number of nitrogens with zero attached hydrogens (tertiary/aromatic N) is 3. The lowest BCUT2D eigenvalue weighted by molar-refractivity contribution is -0.384. The van der Waals surface area contributed by atoms with E-state index in [4.69, 9.17) is 11.6 Å². The molecule has 34 heavy (non-hydrogen) atoms. The average Bonchev–Trinajstić information content (AvgIpc) is 3.06. The second-order valence-electron chi connectivity index (χ2n) is 8.26. The Morgan fingerprint density at radius 2 is 1.74 bits per heavy atom. The summed E-state index contributed by atoms with van der Waals surface area (Å²) >= 11 is 6.19. The SMILES string of the molecule is CC1=CC[C@@H]2C(=O)N(N(CC(=O)c3ccc([N+](=O)[O-])cc3)C(=O)c3ccccc3Cl)C(=O)[C@H]2C1. The van der Waals surface area contributed by atoms with E-state index in [0.29, 0.717) is 12.8 Å². The second kappa shape index (κ2) is 9.18. The van der Waals surface area contributed by atoms with Gasteiger partial charge in [0.25, 0.3) is 23.4 Å². The van der Waals surface area contributed by atoms with Gasteiger partial charge < -0.3 is 0 Å². The number of fused-ring (bicyclic) bond motifs is 1. The number of benzene rings is 2. The van der Waals surface area contributed by atoms with E-state index in [1.54, 1.807) is 12.1 Å². The number of carbonyl (C=O) groups is 4. The predicted octanol–water partition coefficient (Wildman–Crippen LogP) is 3.83. The van der Waals surface area contributed by atoms with Crippen LogP contribution in [0.2, 0.25) is 5.02 Å². The van der Waals surface area contributed by atoms with Crippen molar-refractivity contribution in [3.8, 4) is 0 Å². The Labute approximate surface area is 199 Å². The highest BCUT2D eigenvalue weighted by atomic mass is 35.5. The van der Waals surface area contributed by atoms with Gasteiger partial charge in [0, 0.05) is 17.7 Å². The number of imide groups is 1. The number of carbonyl (C=O) groups excluding carboxylic acids is 4. The molecule has 0 spiro atoms. The minimum absolute atomic E-state index is 0.0328. The first-order chi connectivity index (χ1) is 16.2. The number of hydrazine groups is 1. The summed E-state index contributed by atoms with van der Waals surface area (Å²) in [6.45, 7) is 1.26. The van der Waals surface area contributed by atoms with Crippen LogP contribution in [0.3, 0.4) is 0 Å². The molecule has 0 radical (unpaired) electrons. The Kier molecular flexibility index (Phi) is 6.30. The molecular formula is C24H20ClN3O6. The Balaban J connectivity index is 1.69. The highest BCUT2D eigenvalue weighted by molar-refractivity contribution is 6.34. The molecule has 9 nitrogen and oxygen atoms in total. The van der Waals surface area contributed by atoms with Crippen LogP contribution in [0, 0.1) is 22.0 Å². The van der Waals surface area contributed by atoms with Gasteiger partial charge in [-0.2, -0.15) is 5.01 Å². The number of rotatable bonds is 6. The smallest absolute Gasteiger partial charge is 0.274 e. The van der Waals surface area contributed by atoms with E-state index in [-0.39, 0.29) is 21.8 Å². The molecule has 2 aliphatic rings. The van der Waals surface area contributed by atoms with E-state index < -0.39 is 46.8 Å². The third-order valence-corrected chi connectivity index (χ3v) is 6.40. The number of halogens is 1. The maximum absolute atomic E-state index is 13.5. The summed E-state index contributed by atoms with van der Waals surface area (Å²) in [5, 5.41) is 12.6. The molecule has 3 amide bonds. The van der Waals surface area contributed by atoms with Crippen molar-refractivity contribution in [3.63, 3.8) is 0 Å². The van der Waals surface area contributed by atoms with Crippen LogP contribution in [0.25, 0.3) is 0 Å².